The highest BCUT2D eigenvalue weighted by Gasteiger charge is 2.12. The standard InChI is InChI=1S/C12H11N5O2/c1-7-10-3-8(4-13-12(10)19-16-7)11(18)15-9-5-14-17(2)6-9/h3-6H,1-2H3,(H,15,18). The van der Waals surface area contributed by atoms with Gasteiger partial charge in [0.1, 0.15) is 0 Å². The predicted octanol–water partition coefficient (Wildman–Crippen LogP) is 1.52. The largest absolute Gasteiger partial charge is 0.336 e. The second kappa shape index (κ2) is 4.20. The zero-order valence-corrected chi connectivity index (χ0v) is 10.4. The van der Waals surface area contributed by atoms with E-state index in [0.717, 1.165) is 5.39 Å². The summed E-state index contributed by atoms with van der Waals surface area (Å²) < 4.78 is 6.61. The third-order valence-electron chi connectivity index (χ3n) is 2.73. The van der Waals surface area contributed by atoms with E-state index in [0.29, 0.717) is 22.7 Å². The molecule has 3 rings (SSSR count). The van der Waals surface area contributed by atoms with Crippen LogP contribution in [-0.4, -0.2) is 25.8 Å². The minimum Gasteiger partial charge on any atom is -0.336 e. The number of anilines is 1. The van der Waals surface area contributed by atoms with Gasteiger partial charge < -0.3 is 9.84 Å². The smallest absolute Gasteiger partial charge is 0.257 e. The van der Waals surface area contributed by atoms with Crippen LogP contribution in [0.2, 0.25) is 0 Å². The number of amides is 1. The first-order valence-electron chi connectivity index (χ1n) is 5.65. The van der Waals surface area contributed by atoms with Gasteiger partial charge in [-0.1, -0.05) is 5.16 Å². The molecule has 0 radical (unpaired) electrons. The van der Waals surface area contributed by atoms with Crippen LogP contribution in [0.1, 0.15) is 16.1 Å². The van der Waals surface area contributed by atoms with Crippen LogP contribution < -0.4 is 5.32 Å². The maximum absolute atomic E-state index is 12.1. The maximum Gasteiger partial charge on any atom is 0.257 e. The Morgan fingerprint density at radius 3 is 3.00 bits per heavy atom. The fraction of sp³-hybridized carbons (Fsp3) is 0.167. The molecule has 19 heavy (non-hydrogen) atoms. The molecular weight excluding hydrogens is 246 g/mol. The molecule has 0 saturated heterocycles. The van der Waals surface area contributed by atoms with Crippen molar-refractivity contribution in [3.8, 4) is 0 Å². The number of carbonyl (C=O) groups is 1. The van der Waals surface area contributed by atoms with E-state index in [1.165, 1.54) is 6.20 Å². The molecule has 0 aliphatic rings. The van der Waals surface area contributed by atoms with Crippen LogP contribution in [0.15, 0.2) is 29.2 Å². The molecule has 1 amide bonds. The predicted molar refractivity (Wildman–Crippen MR) is 67.7 cm³/mol. The van der Waals surface area contributed by atoms with Crippen molar-refractivity contribution >= 4 is 22.7 Å². The van der Waals surface area contributed by atoms with Crippen LogP contribution in [0.25, 0.3) is 11.1 Å². The molecule has 3 aromatic heterocycles. The van der Waals surface area contributed by atoms with Crippen LogP contribution >= 0.6 is 0 Å². The molecule has 0 unspecified atom stereocenters. The lowest BCUT2D eigenvalue weighted by Gasteiger charge is -2.01. The van der Waals surface area contributed by atoms with Crippen molar-refractivity contribution in [3.05, 3.63) is 35.9 Å². The Morgan fingerprint density at radius 1 is 1.42 bits per heavy atom. The summed E-state index contributed by atoms with van der Waals surface area (Å²) in [5.74, 6) is -0.247. The monoisotopic (exact) mass is 257 g/mol. The SMILES string of the molecule is Cc1noc2ncc(C(=O)Nc3cnn(C)c3)cc12. The van der Waals surface area contributed by atoms with Crippen molar-refractivity contribution < 1.29 is 9.32 Å². The number of pyridine rings is 1. The van der Waals surface area contributed by atoms with Crippen LogP contribution in [0.3, 0.4) is 0 Å². The number of fused-ring (bicyclic) bond motifs is 1. The number of carbonyl (C=O) groups excluding carboxylic acids is 1. The second-order valence-corrected chi connectivity index (χ2v) is 4.20. The van der Waals surface area contributed by atoms with Gasteiger partial charge in [-0.15, -0.1) is 0 Å². The third-order valence-corrected chi connectivity index (χ3v) is 2.73. The number of hydrogen-bond acceptors (Lipinski definition) is 5. The van der Waals surface area contributed by atoms with E-state index in [9.17, 15) is 4.79 Å². The van der Waals surface area contributed by atoms with E-state index in [2.05, 4.69) is 20.6 Å². The van der Waals surface area contributed by atoms with Gasteiger partial charge in [0.05, 0.1) is 28.5 Å². The van der Waals surface area contributed by atoms with Crippen LogP contribution in [0.5, 0.6) is 0 Å². The Balaban J connectivity index is 1.90. The van der Waals surface area contributed by atoms with E-state index in [4.69, 9.17) is 4.52 Å². The van der Waals surface area contributed by atoms with Gasteiger partial charge in [-0.05, 0) is 13.0 Å². The first-order chi connectivity index (χ1) is 9.13. The van der Waals surface area contributed by atoms with Gasteiger partial charge >= 0.3 is 0 Å². The summed E-state index contributed by atoms with van der Waals surface area (Å²) in [5, 5.41) is 11.3. The fourth-order valence-electron chi connectivity index (χ4n) is 1.76. The molecule has 0 aliphatic heterocycles. The molecule has 0 bridgehead atoms. The molecule has 3 aromatic rings. The third kappa shape index (κ3) is 2.05. The highest BCUT2D eigenvalue weighted by Crippen LogP contribution is 2.17. The van der Waals surface area contributed by atoms with E-state index in [1.807, 2.05) is 0 Å². The number of nitrogens with one attached hydrogen (secondary N) is 1. The Bertz CT molecular complexity index is 758. The summed E-state index contributed by atoms with van der Waals surface area (Å²) in [6.07, 6.45) is 4.75. The molecule has 0 atom stereocenters. The van der Waals surface area contributed by atoms with Crippen LogP contribution in [0, 0.1) is 6.92 Å². The van der Waals surface area contributed by atoms with E-state index in [1.54, 1.807) is 37.1 Å². The van der Waals surface area contributed by atoms with Gasteiger partial charge in [-0.3, -0.25) is 9.48 Å². The molecule has 1 N–H and O–H groups in total. The quantitative estimate of drug-likeness (QED) is 0.752. The topological polar surface area (TPSA) is 85.8 Å². The summed E-state index contributed by atoms with van der Waals surface area (Å²) in [7, 11) is 1.78. The van der Waals surface area contributed by atoms with Crippen molar-refractivity contribution in [2.45, 2.75) is 6.92 Å². The molecule has 0 fully saturated rings. The van der Waals surface area contributed by atoms with Gasteiger partial charge in [0.25, 0.3) is 11.6 Å². The van der Waals surface area contributed by atoms with Crippen molar-refractivity contribution in [1.82, 2.24) is 19.9 Å². The highest BCUT2D eigenvalue weighted by molar-refractivity contribution is 6.05. The number of nitrogens with zero attached hydrogens (tertiary/aromatic N) is 4. The molecule has 3 heterocycles. The minimum absolute atomic E-state index is 0.247. The van der Waals surface area contributed by atoms with Crippen LogP contribution in [0.4, 0.5) is 5.69 Å². The maximum atomic E-state index is 12.1. The molecule has 0 aliphatic carbocycles. The molecule has 0 spiro atoms. The summed E-state index contributed by atoms with van der Waals surface area (Å²) >= 11 is 0. The molecule has 0 saturated carbocycles. The summed E-state index contributed by atoms with van der Waals surface area (Å²) in [5.41, 5.74) is 2.21. The first kappa shape index (κ1) is 11.4. The van der Waals surface area contributed by atoms with Crippen molar-refractivity contribution in [1.29, 1.82) is 0 Å². The fourth-order valence-corrected chi connectivity index (χ4v) is 1.76. The molecule has 7 nitrogen and oxygen atoms in total. The van der Waals surface area contributed by atoms with Crippen molar-refractivity contribution in [2.24, 2.45) is 7.05 Å². The zero-order chi connectivity index (χ0) is 13.4. The first-order valence-corrected chi connectivity index (χ1v) is 5.65. The van der Waals surface area contributed by atoms with Gasteiger partial charge in [0.2, 0.25) is 0 Å². The lowest BCUT2D eigenvalue weighted by Crippen LogP contribution is -2.11. The van der Waals surface area contributed by atoms with Gasteiger partial charge in [-0.25, -0.2) is 4.98 Å². The average Bonchev–Trinajstić information content (AvgIpc) is 2.96. The molecule has 96 valence electrons. The minimum atomic E-state index is -0.247. The number of aromatic nitrogens is 4. The molecule has 0 aromatic carbocycles. The highest BCUT2D eigenvalue weighted by atomic mass is 16.5. The normalized spacial score (nSPS) is 10.8. The Kier molecular flexibility index (Phi) is 2.52. The van der Waals surface area contributed by atoms with Crippen molar-refractivity contribution in [3.63, 3.8) is 0 Å². The Labute approximate surface area is 108 Å². The molecule has 7 heteroatoms. The number of hydrogen-bond donors (Lipinski definition) is 1. The summed E-state index contributed by atoms with van der Waals surface area (Å²) in [4.78, 5) is 16.1. The Morgan fingerprint density at radius 2 is 2.26 bits per heavy atom. The van der Waals surface area contributed by atoms with E-state index in [-0.39, 0.29) is 5.91 Å². The Hall–Kier alpha value is -2.70. The van der Waals surface area contributed by atoms with Gasteiger partial charge in [0, 0.05) is 19.4 Å². The lowest BCUT2D eigenvalue weighted by molar-refractivity contribution is 0.102. The number of aryl methyl sites for hydroxylation is 2. The molecular formula is C12H11N5O2. The van der Waals surface area contributed by atoms with Gasteiger partial charge in [-0.2, -0.15) is 5.10 Å². The van der Waals surface area contributed by atoms with E-state index < -0.39 is 0 Å². The second-order valence-electron chi connectivity index (χ2n) is 4.20. The summed E-state index contributed by atoms with van der Waals surface area (Å²) in [6, 6.07) is 1.71. The average molecular weight is 257 g/mol. The zero-order valence-electron chi connectivity index (χ0n) is 10.4. The van der Waals surface area contributed by atoms with Crippen LogP contribution in [-0.2, 0) is 7.05 Å². The van der Waals surface area contributed by atoms with Crippen molar-refractivity contribution in [2.75, 3.05) is 5.32 Å². The van der Waals surface area contributed by atoms with E-state index >= 15 is 0 Å². The van der Waals surface area contributed by atoms with Gasteiger partial charge in [0.15, 0.2) is 0 Å². The lowest BCUT2D eigenvalue weighted by atomic mass is 10.2. The summed E-state index contributed by atoms with van der Waals surface area (Å²) in [6.45, 7) is 1.80. The number of rotatable bonds is 2.